The summed E-state index contributed by atoms with van der Waals surface area (Å²) in [7, 11) is 0. The number of anilines is 3. The number of hydrogen-bond acceptors (Lipinski definition) is 5. The number of aromatic nitrogens is 1. The van der Waals surface area contributed by atoms with Crippen molar-refractivity contribution in [2.45, 2.75) is 4.90 Å². The van der Waals surface area contributed by atoms with Gasteiger partial charge < -0.3 is 15.5 Å². The van der Waals surface area contributed by atoms with E-state index in [0.29, 0.717) is 6.01 Å². The van der Waals surface area contributed by atoms with Crippen molar-refractivity contribution < 1.29 is 4.42 Å². The highest BCUT2D eigenvalue weighted by molar-refractivity contribution is 7.98. The Kier molecular flexibility index (Phi) is 3.83. The monoisotopic (exact) mass is 297 g/mol. The Morgan fingerprint density at radius 1 is 1.14 bits per heavy atom. The zero-order chi connectivity index (χ0) is 14.7. The van der Waals surface area contributed by atoms with Crippen LogP contribution in [0, 0.1) is 0 Å². The van der Waals surface area contributed by atoms with Crippen LogP contribution >= 0.6 is 11.8 Å². The van der Waals surface area contributed by atoms with Gasteiger partial charge in [-0.3, -0.25) is 0 Å². The fraction of sp³-hybridized carbons (Fsp3) is 0.0625. The topological polar surface area (TPSA) is 64.1 Å². The molecule has 0 atom stereocenters. The molecule has 4 nitrogen and oxygen atoms in total. The largest absolute Gasteiger partial charge is 0.431 e. The molecule has 0 saturated heterocycles. The van der Waals surface area contributed by atoms with Crippen LogP contribution in [0.2, 0.25) is 0 Å². The van der Waals surface area contributed by atoms with E-state index in [1.807, 2.05) is 42.7 Å². The first-order valence-electron chi connectivity index (χ1n) is 6.47. The molecule has 3 N–H and O–H groups in total. The first-order valence-corrected chi connectivity index (χ1v) is 7.69. The molecule has 5 heteroatoms. The summed E-state index contributed by atoms with van der Waals surface area (Å²) in [5.41, 5.74) is 9.11. The number of nitrogen functional groups attached to an aromatic ring is 1. The third-order valence-corrected chi connectivity index (χ3v) is 3.76. The summed E-state index contributed by atoms with van der Waals surface area (Å²) >= 11 is 1.69. The van der Waals surface area contributed by atoms with Crippen molar-refractivity contribution in [2.75, 3.05) is 17.3 Å². The van der Waals surface area contributed by atoms with Gasteiger partial charge in [-0.1, -0.05) is 18.2 Å². The highest BCUT2D eigenvalue weighted by Crippen LogP contribution is 2.25. The van der Waals surface area contributed by atoms with Crippen LogP contribution < -0.4 is 11.1 Å². The van der Waals surface area contributed by atoms with Gasteiger partial charge in [0, 0.05) is 21.8 Å². The SMILES string of the molecule is CSc1cccc(Nc2nc(-c3ccc(N)cc3)co2)c1. The van der Waals surface area contributed by atoms with Crippen LogP contribution in [0.3, 0.4) is 0 Å². The van der Waals surface area contributed by atoms with Crippen LogP contribution in [-0.2, 0) is 0 Å². The van der Waals surface area contributed by atoms with Gasteiger partial charge in [0.25, 0.3) is 6.01 Å². The molecule has 2 aromatic carbocycles. The maximum atomic E-state index is 5.68. The molecule has 0 aliphatic carbocycles. The second-order valence-electron chi connectivity index (χ2n) is 4.52. The van der Waals surface area contributed by atoms with E-state index in [9.17, 15) is 0 Å². The normalized spacial score (nSPS) is 10.5. The molecule has 0 aliphatic heterocycles. The number of oxazole rings is 1. The van der Waals surface area contributed by atoms with E-state index in [2.05, 4.69) is 22.4 Å². The summed E-state index contributed by atoms with van der Waals surface area (Å²) < 4.78 is 5.47. The Hall–Kier alpha value is -2.40. The maximum Gasteiger partial charge on any atom is 0.299 e. The predicted octanol–water partition coefficient (Wildman–Crippen LogP) is 4.39. The Labute approximate surface area is 127 Å². The second kappa shape index (κ2) is 5.93. The van der Waals surface area contributed by atoms with Crippen LogP contribution in [0.4, 0.5) is 17.4 Å². The minimum absolute atomic E-state index is 0.472. The van der Waals surface area contributed by atoms with Crippen molar-refractivity contribution >= 4 is 29.2 Å². The number of rotatable bonds is 4. The summed E-state index contributed by atoms with van der Waals surface area (Å²) in [5.74, 6) is 0. The Bertz CT molecular complexity index is 737. The summed E-state index contributed by atoms with van der Waals surface area (Å²) in [6.45, 7) is 0. The first kappa shape index (κ1) is 13.6. The van der Waals surface area contributed by atoms with Crippen LogP contribution in [-0.4, -0.2) is 11.2 Å². The molecule has 0 amide bonds. The third-order valence-electron chi connectivity index (χ3n) is 3.03. The Morgan fingerprint density at radius 3 is 2.71 bits per heavy atom. The van der Waals surface area contributed by atoms with Crippen LogP contribution in [0.5, 0.6) is 0 Å². The molecule has 3 rings (SSSR count). The lowest BCUT2D eigenvalue weighted by atomic mass is 10.1. The molecule has 0 bridgehead atoms. The molecule has 0 unspecified atom stereocenters. The molecule has 106 valence electrons. The molecular formula is C16H15N3OS. The minimum atomic E-state index is 0.472. The summed E-state index contributed by atoms with van der Waals surface area (Å²) in [5, 5.41) is 3.16. The summed E-state index contributed by atoms with van der Waals surface area (Å²) in [6.07, 6.45) is 3.68. The standard InChI is InChI=1S/C16H15N3OS/c1-21-14-4-2-3-13(9-14)18-16-19-15(10-20-16)11-5-7-12(17)8-6-11/h2-10H,17H2,1H3,(H,18,19). The van der Waals surface area contributed by atoms with Crippen LogP contribution in [0.1, 0.15) is 0 Å². The van der Waals surface area contributed by atoms with Gasteiger partial charge in [0.05, 0.1) is 0 Å². The van der Waals surface area contributed by atoms with E-state index in [1.54, 1.807) is 18.0 Å². The third kappa shape index (κ3) is 3.20. The van der Waals surface area contributed by atoms with Gasteiger partial charge in [-0.05, 0) is 36.6 Å². The number of benzene rings is 2. The number of nitrogens with zero attached hydrogens (tertiary/aromatic N) is 1. The van der Waals surface area contributed by atoms with Crippen LogP contribution in [0.25, 0.3) is 11.3 Å². The van der Waals surface area contributed by atoms with Crippen molar-refractivity contribution in [3.8, 4) is 11.3 Å². The van der Waals surface area contributed by atoms with Gasteiger partial charge in [0.15, 0.2) is 0 Å². The average molecular weight is 297 g/mol. The Morgan fingerprint density at radius 2 is 1.95 bits per heavy atom. The zero-order valence-electron chi connectivity index (χ0n) is 11.5. The number of nitrogens with two attached hydrogens (primary N) is 1. The molecular weight excluding hydrogens is 282 g/mol. The van der Waals surface area contributed by atoms with E-state index in [4.69, 9.17) is 10.2 Å². The number of nitrogens with one attached hydrogen (secondary N) is 1. The van der Waals surface area contributed by atoms with Crippen molar-refractivity contribution in [3.05, 3.63) is 54.8 Å². The van der Waals surface area contributed by atoms with Gasteiger partial charge in [0.2, 0.25) is 0 Å². The van der Waals surface area contributed by atoms with Gasteiger partial charge >= 0.3 is 0 Å². The second-order valence-corrected chi connectivity index (χ2v) is 5.40. The van der Waals surface area contributed by atoms with Crippen molar-refractivity contribution in [2.24, 2.45) is 0 Å². The first-order chi connectivity index (χ1) is 10.2. The molecule has 3 aromatic rings. The van der Waals surface area contributed by atoms with Gasteiger partial charge in [-0.15, -0.1) is 11.8 Å². The molecule has 0 spiro atoms. The van der Waals surface area contributed by atoms with Gasteiger partial charge in [-0.2, -0.15) is 4.98 Å². The lowest BCUT2D eigenvalue weighted by Gasteiger charge is -2.03. The summed E-state index contributed by atoms with van der Waals surface area (Å²) in [4.78, 5) is 5.62. The quantitative estimate of drug-likeness (QED) is 0.552. The smallest absolute Gasteiger partial charge is 0.299 e. The predicted molar refractivity (Wildman–Crippen MR) is 87.9 cm³/mol. The van der Waals surface area contributed by atoms with Gasteiger partial charge in [-0.25, -0.2) is 0 Å². The zero-order valence-corrected chi connectivity index (χ0v) is 12.4. The van der Waals surface area contributed by atoms with Crippen molar-refractivity contribution in [1.82, 2.24) is 4.98 Å². The molecule has 21 heavy (non-hydrogen) atoms. The van der Waals surface area contributed by atoms with Crippen molar-refractivity contribution in [3.63, 3.8) is 0 Å². The molecule has 0 saturated carbocycles. The molecule has 1 heterocycles. The lowest BCUT2D eigenvalue weighted by Crippen LogP contribution is -1.90. The molecule has 0 radical (unpaired) electrons. The number of thioether (sulfide) groups is 1. The van der Waals surface area contributed by atoms with E-state index in [-0.39, 0.29) is 0 Å². The summed E-state index contributed by atoms with van der Waals surface area (Å²) in [6, 6.07) is 16.1. The Balaban J connectivity index is 1.80. The highest BCUT2D eigenvalue weighted by Gasteiger charge is 2.06. The fourth-order valence-corrected chi connectivity index (χ4v) is 2.40. The fourth-order valence-electron chi connectivity index (χ4n) is 1.94. The maximum absolute atomic E-state index is 5.68. The van der Waals surface area contributed by atoms with E-state index < -0.39 is 0 Å². The van der Waals surface area contributed by atoms with E-state index >= 15 is 0 Å². The lowest BCUT2D eigenvalue weighted by molar-refractivity contribution is 0.578. The van der Waals surface area contributed by atoms with Crippen LogP contribution in [0.15, 0.2) is 64.1 Å². The van der Waals surface area contributed by atoms with Gasteiger partial charge in [0.1, 0.15) is 12.0 Å². The van der Waals surface area contributed by atoms with Crippen molar-refractivity contribution in [1.29, 1.82) is 0 Å². The molecule has 0 fully saturated rings. The number of hydrogen-bond donors (Lipinski definition) is 2. The van der Waals surface area contributed by atoms with E-state index in [0.717, 1.165) is 22.6 Å². The highest BCUT2D eigenvalue weighted by atomic mass is 32.2. The molecule has 1 aromatic heterocycles. The van der Waals surface area contributed by atoms with E-state index in [1.165, 1.54) is 4.90 Å². The average Bonchev–Trinajstić information content (AvgIpc) is 2.96. The minimum Gasteiger partial charge on any atom is -0.431 e. The molecule has 0 aliphatic rings.